The number of ether oxygens (including phenoxy) is 1. The van der Waals surface area contributed by atoms with Crippen molar-refractivity contribution in [1.82, 2.24) is 5.32 Å². The Morgan fingerprint density at radius 2 is 1.81 bits per heavy atom. The first-order valence-corrected chi connectivity index (χ1v) is 9.15. The van der Waals surface area contributed by atoms with Crippen molar-refractivity contribution in [3.63, 3.8) is 0 Å². The van der Waals surface area contributed by atoms with Crippen LogP contribution in [0.3, 0.4) is 0 Å². The van der Waals surface area contributed by atoms with E-state index in [0.717, 1.165) is 0 Å². The van der Waals surface area contributed by atoms with Crippen LogP contribution in [0.1, 0.15) is 16.7 Å². The van der Waals surface area contributed by atoms with Gasteiger partial charge in [-0.15, -0.1) is 0 Å². The van der Waals surface area contributed by atoms with Gasteiger partial charge in [0.25, 0.3) is 5.91 Å². The lowest BCUT2D eigenvalue weighted by Crippen LogP contribution is -2.29. The van der Waals surface area contributed by atoms with Crippen LogP contribution >= 0.6 is 11.6 Å². The van der Waals surface area contributed by atoms with Gasteiger partial charge in [-0.05, 0) is 6.07 Å². The molecule has 0 unspecified atom stereocenters. The molecule has 0 radical (unpaired) electrons. The maximum absolute atomic E-state index is 14.1. The van der Waals surface area contributed by atoms with Crippen LogP contribution in [0.15, 0.2) is 40.6 Å². The summed E-state index contributed by atoms with van der Waals surface area (Å²) in [6.45, 7) is -0.601. The number of nitrogens with zero attached hydrogens (tertiary/aromatic N) is 2. The fourth-order valence-corrected chi connectivity index (χ4v) is 2.85. The second-order valence-electron chi connectivity index (χ2n) is 5.96. The Morgan fingerprint density at radius 3 is 2.39 bits per heavy atom. The van der Waals surface area contributed by atoms with Crippen LogP contribution in [0.2, 0.25) is 5.02 Å². The average Bonchev–Trinajstić information content (AvgIpc) is 2.72. The van der Waals surface area contributed by atoms with Gasteiger partial charge < -0.3 is 19.7 Å². The Kier molecular flexibility index (Phi) is 8.83. The predicted molar refractivity (Wildman–Crippen MR) is 109 cm³/mol. The standard InChI is InChI=1S/C20H19ClF3N3O4/c1-25-20(28)19(27-30-3)12-5-4-6-14(21)13(12)9-31-26-17(10-29-2)18-15(23)7-11(22)8-16(18)24/h4-8H,9-10H2,1-3H3,(H,25,28)/b26-17+,27-19+. The van der Waals surface area contributed by atoms with E-state index in [1.165, 1.54) is 21.3 Å². The molecule has 0 fully saturated rings. The van der Waals surface area contributed by atoms with Crippen molar-refractivity contribution in [3.05, 3.63) is 69.5 Å². The zero-order chi connectivity index (χ0) is 23.0. The maximum Gasteiger partial charge on any atom is 0.273 e. The summed E-state index contributed by atoms with van der Waals surface area (Å²) in [6, 6.07) is 5.76. The first kappa shape index (κ1) is 24.2. The molecule has 0 heterocycles. The van der Waals surface area contributed by atoms with Gasteiger partial charge in [0.2, 0.25) is 0 Å². The Labute approximate surface area is 181 Å². The molecule has 166 valence electrons. The number of hydrogen-bond donors (Lipinski definition) is 1. The molecule has 0 aliphatic rings. The molecule has 31 heavy (non-hydrogen) atoms. The van der Waals surface area contributed by atoms with Crippen LogP contribution < -0.4 is 5.32 Å². The van der Waals surface area contributed by atoms with Crippen LogP contribution in [0.25, 0.3) is 0 Å². The third-order valence-corrected chi connectivity index (χ3v) is 4.31. The molecule has 7 nitrogen and oxygen atoms in total. The third-order valence-electron chi connectivity index (χ3n) is 3.96. The molecule has 11 heteroatoms. The second kappa shape index (κ2) is 11.3. The summed E-state index contributed by atoms with van der Waals surface area (Å²) in [5.74, 6) is -3.94. The number of carbonyl (C=O) groups excluding carboxylic acids is 1. The summed E-state index contributed by atoms with van der Waals surface area (Å²) < 4.78 is 46.3. The van der Waals surface area contributed by atoms with Crippen molar-refractivity contribution in [2.24, 2.45) is 10.3 Å². The van der Waals surface area contributed by atoms with Crippen molar-refractivity contribution in [1.29, 1.82) is 0 Å². The van der Waals surface area contributed by atoms with E-state index in [2.05, 4.69) is 15.6 Å². The zero-order valence-electron chi connectivity index (χ0n) is 16.8. The molecule has 0 aromatic heterocycles. The predicted octanol–water partition coefficient (Wildman–Crippen LogP) is 3.42. The van der Waals surface area contributed by atoms with E-state index in [1.54, 1.807) is 18.2 Å². The average molecular weight is 458 g/mol. The summed E-state index contributed by atoms with van der Waals surface area (Å²) in [5, 5.41) is 10.1. The first-order chi connectivity index (χ1) is 14.8. The van der Waals surface area contributed by atoms with Gasteiger partial charge in [0.05, 0.1) is 12.2 Å². The van der Waals surface area contributed by atoms with Crippen LogP contribution in [0.4, 0.5) is 13.2 Å². The van der Waals surface area contributed by atoms with Crippen LogP contribution in [0.5, 0.6) is 0 Å². The van der Waals surface area contributed by atoms with E-state index in [0.29, 0.717) is 23.3 Å². The number of carbonyl (C=O) groups is 1. The van der Waals surface area contributed by atoms with Gasteiger partial charge in [-0.3, -0.25) is 4.79 Å². The quantitative estimate of drug-likeness (QED) is 0.462. The Bertz CT molecular complexity index is 992. The van der Waals surface area contributed by atoms with Gasteiger partial charge in [-0.25, -0.2) is 13.2 Å². The first-order valence-electron chi connectivity index (χ1n) is 8.77. The Balaban J connectivity index is 2.40. The molecular weight excluding hydrogens is 439 g/mol. The molecule has 0 saturated heterocycles. The Morgan fingerprint density at radius 1 is 1.13 bits per heavy atom. The van der Waals surface area contributed by atoms with Gasteiger partial charge in [-0.2, -0.15) is 0 Å². The fraction of sp³-hybridized carbons (Fsp3) is 0.250. The molecule has 0 aliphatic carbocycles. The molecule has 2 rings (SSSR count). The number of methoxy groups -OCH3 is 1. The second-order valence-corrected chi connectivity index (χ2v) is 6.36. The van der Waals surface area contributed by atoms with E-state index in [9.17, 15) is 18.0 Å². The lowest BCUT2D eigenvalue weighted by molar-refractivity contribution is -0.114. The molecule has 2 aromatic carbocycles. The van der Waals surface area contributed by atoms with Crippen LogP contribution in [-0.2, 0) is 25.8 Å². The van der Waals surface area contributed by atoms with Crippen molar-refractivity contribution < 1.29 is 32.4 Å². The van der Waals surface area contributed by atoms with Crippen LogP contribution in [0, 0.1) is 17.5 Å². The Hall–Kier alpha value is -3.11. The summed E-state index contributed by atoms with van der Waals surface area (Å²) in [7, 11) is 3.98. The SMILES string of the molecule is CNC(=O)/C(=N/OC)c1cccc(Cl)c1CO/N=C(\COC)c1c(F)cc(F)cc1F. The molecule has 0 aliphatic heterocycles. The van der Waals surface area contributed by atoms with Gasteiger partial charge in [-0.1, -0.05) is 34.0 Å². The smallest absolute Gasteiger partial charge is 0.273 e. The highest BCUT2D eigenvalue weighted by Crippen LogP contribution is 2.23. The summed E-state index contributed by atoms with van der Waals surface area (Å²) in [6.07, 6.45) is 0. The number of hydrogen-bond acceptors (Lipinski definition) is 6. The number of nitrogens with one attached hydrogen (secondary N) is 1. The number of rotatable bonds is 9. The molecular formula is C20H19ClF3N3O4. The molecule has 0 saturated carbocycles. The molecule has 0 bridgehead atoms. The number of benzene rings is 2. The highest BCUT2D eigenvalue weighted by molar-refractivity contribution is 6.46. The van der Waals surface area contributed by atoms with E-state index in [1.807, 2.05) is 0 Å². The highest BCUT2D eigenvalue weighted by Gasteiger charge is 2.21. The summed E-state index contributed by atoms with van der Waals surface area (Å²) in [5.41, 5.74) is -0.277. The van der Waals surface area contributed by atoms with E-state index >= 15 is 0 Å². The normalized spacial score (nSPS) is 12.0. The van der Waals surface area contributed by atoms with Crippen molar-refractivity contribution >= 4 is 28.9 Å². The van der Waals surface area contributed by atoms with Gasteiger partial charge in [0.15, 0.2) is 5.71 Å². The highest BCUT2D eigenvalue weighted by atomic mass is 35.5. The lowest BCUT2D eigenvalue weighted by atomic mass is 10.0. The van der Waals surface area contributed by atoms with E-state index < -0.39 is 28.9 Å². The fourth-order valence-electron chi connectivity index (χ4n) is 2.62. The van der Waals surface area contributed by atoms with E-state index in [4.69, 9.17) is 26.0 Å². The minimum atomic E-state index is -1.16. The molecule has 1 N–H and O–H groups in total. The number of amides is 1. The summed E-state index contributed by atoms with van der Waals surface area (Å²) >= 11 is 6.24. The summed E-state index contributed by atoms with van der Waals surface area (Å²) in [4.78, 5) is 22.1. The van der Waals surface area contributed by atoms with Crippen molar-refractivity contribution in [2.75, 3.05) is 27.9 Å². The number of halogens is 4. The lowest BCUT2D eigenvalue weighted by Gasteiger charge is -2.13. The van der Waals surface area contributed by atoms with Crippen molar-refractivity contribution in [2.45, 2.75) is 6.61 Å². The monoisotopic (exact) mass is 457 g/mol. The molecule has 2 aromatic rings. The maximum atomic E-state index is 14.1. The largest absolute Gasteiger partial charge is 0.398 e. The third kappa shape index (κ3) is 5.96. The minimum absolute atomic E-state index is 0.0668. The van der Waals surface area contributed by atoms with Gasteiger partial charge in [0, 0.05) is 42.4 Å². The van der Waals surface area contributed by atoms with Crippen LogP contribution in [-0.4, -0.2) is 45.2 Å². The molecule has 1 amide bonds. The molecule has 0 atom stereocenters. The number of oxime groups is 2. The minimum Gasteiger partial charge on any atom is -0.398 e. The molecule has 0 spiro atoms. The zero-order valence-corrected chi connectivity index (χ0v) is 17.6. The number of likely N-dealkylation sites (N-methyl/N-ethyl adjacent to an activating group) is 1. The van der Waals surface area contributed by atoms with Gasteiger partial charge in [0.1, 0.15) is 36.9 Å². The topological polar surface area (TPSA) is 81.5 Å². The van der Waals surface area contributed by atoms with Crippen molar-refractivity contribution in [3.8, 4) is 0 Å². The van der Waals surface area contributed by atoms with Gasteiger partial charge >= 0.3 is 0 Å². The van der Waals surface area contributed by atoms with E-state index in [-0.39, 0.29) is 29.7 Å².